The first-order valence-corrected chi connectivity index (χ1v) is 9.25. The van der Waals surface area contributed by atoms with Crippen LogP contribution in [0.3, 0.4) is 0 Å². The van der Waals surface area contributed by atoms with Crippen LogP contribution in [0.25, 0.3) is 0 Å². The minimum Gasteiger partial charge on any atom is -0.269 e. The van der Waals surface area contributed by atoms with Gasteiger partial charge in [0.05, 0.1) is 17.8 Å². The average Bonchev–Trinajstić information content (AvgIpc) is 2.63. The number of piperidine rings is 1. The van der Waals surface area contributed by atoms with Gasteiger partial charge in [0, 0.05) is 30.9 Å². The highest BCUT2D eigenvalue weighted by atomic mass is 35.5. The van der Waals surface area contributed by atoms with Crippen molar-refractivity contribution in [2.45, 2.75) is 39.1 Å². The molecule has 7 heteroatoms. The number of hydrogen-bond donors (Lipinski definition) is 0. The van der Waals surface area contributed by atoms with Crippen LogP contribution in [0, 0.1) is 19.8 Å². The van der Waals surface area contributed by atoms with Gasteiger partial charge in [0.15, 0.2) is 0 Å². The molecule has 5 nitrogen and oxygen atoms in total. The Hall–Kier alpha value is -0.590. The lowest BCUT2D eigenvalue weighted by Gasteiger charge is -2.31. The molecule has 1 aliphatic heterocycles. The Morgan fingerprint density at radius 3 is 2.65 bits per heavy atom. The van der Waals surface area contributed by atoms with E-state index in [1.165, 1.54) is 6.26 Å². The third kappa shape index (κ3) is 3.35. The molecule has 20 heavy (non-hydrogen) atoms. The summed E-state index contributed by atoms with van der Waals surface area (Å²) in [7, 11) is -3.09. The maximum Gasteiger partial charge on any atom is 0.211 e. The Labute approximate surface area is 126 Å². The van der Waals surface area contributed by atoms with Crippen LogP contribution in [-0.4, -0.2) is 41.8 Å². The van der Waals surface area contributed by atoms with Gasteiger partial charge in [0.2, 0.25) is 10.0 Å². The molecular weight excluding hydrogens is 298 g/mol. The van der Waals surface area contributed by atoms with Gasteiger partial charge in [-0.15, -0.1) is 11.6 Å². The third-order valence-corrected chi connectivity index (χ3v) is 5.58. The molecular formula is C13H22ClN3O2S. The molecule has 2 rings (SSSR count). The minimum atomic E-state index is -3.09. The first kappa shape index (κ1) is 15.8. The molecule has 0 saturated carbocycles. The predicted octanol–water partition coefficient (Wildman–Crippen LogP) is 1.91. The second kappa shape index (κ2) is 6.03. The average molecular weight is 320 g/mol. The van der Waals surface area contributed by atoms with Crippen LogP contribution in [0.1, 0.15) is 29.8 Å². The zero-order valence-electron chi connectivity index (χ0n) is 12.3. The number of rotatable bonds is 4. The van der Waals surface area contributed by atoms with Gasteiger partial charge in [-0.1, -0.05) is 0 Å². The van der Waals surface area contributed by atoms with E-state index in [-0.39, 0.29) is 0 Å². The normalized spacial score (nSPS) is 21.3. The van der Waals surface area contributed by atoms with Crippen LogP contribution < -0.4 is 0 Å². The fourth-order valence-electron chi connectivity index (χ4n) is 2.83. The molecule has 1 aromatic rings. The summed E-state index contributed by atoms with van der Waals surface area (Å²) in [5.41, 5.74) is 3.14. The van der Waals surface area contributed by atoms with Crippen molar-refractivity contribution in [1.82, 2.24) is 14.1 Å². The molecule has 0 aromatic carbocycles. The van der Waals surface area contributed by atoms with Gasteiger partial charge in [0.1, 0.15) is 0 Å². The molecule has 0 bridgehead atoms. The Morgan fingerprint density at radius 2 is 2.10 bits per heavy atom. The van der Waals surface area contributed by atoms with Gasteiger partial charge in [0.25, 0.3) is 0 Å². The number of sulfonamides is 1. The summed E-state index contributed by atoms with van der Waals surface area (Å²) >= 11 is 5.94. The zero-order chi connectivity index (χ0) is 14.9. The highest BCUT2D eigenvalue weighted by molar-refractivity contribution is 7.88. The summed E-state index contributed by atoms with van der Waals surface area (Å²) in [6.45, 7) is 5.97. The van der Waals surface area contributed by atoms with Crippen LogP contribution in [0.4, 0.5) is 0 Å². The van der Waals surface area contributed by atoms with Crippen LogP contribution >= 0.6 is 11.6 Å². The zero-order valence-corrected chi connectivity index (χ0v) is 13.8. The van der Waals surface area contributed by atoms with E-state index in [1.54, 1.807) is 4.31 Å². The molecule has 1 aromatic heterocycles. The largest absolute Gasteiger partial charge is 0.269 e. The van der Waals surface area contributed by atoms with Crippen molar-refractivity contribution in [3.63, 3.8) is 0 Å². The lowest BCUT2D eigenvalue weighted by Crippen LogP contribution is -2.40. The number of alkyl halides is 1. The Bertz CT molecular complexity index is 583. The summed E-state index contributed by atoms with van der Waals surface area (Å²) in [5, 5.41) is 4.53. The summed E-state index contributed by atoms with van der Waals surface area (Å²) in [4.78, 5) is 0. The first-order chi connectivity index (χ1) is 9.32. The van der Waals surface area contributed by atoms with Gasteiger partial charge in [-0.2, -0.15) is 5.10 Å². The SMILES string of the molecule is Cc1nn(CC2CCCN(S(C)(=O)=O)C2)c(C)c1CCl. The van der Waals surface area contributed by atoms with E-state index in [0.29, 0.717) is 24.9 Å². The molecule has 0 amide bonds. The fourth-order valence-corrected chi connectivity index (χ4v) is 4.16. The molecule has 1 unspecified atom stereocenters. The summed E-state index contributed by atoms with van der Waals surface area (Å²) in [6, 6.07) is 0. The summed E-state index contributed by atoms with van der Waals surface area (Å²) < 4.78 is 26.8. The fraction of sp³-hybridized carbons (Fsp3) is 0.769. The lowest BCUT2D eigenvalue weighted by atomic mass is 10.00. The molecule has 1 atom stereocenters. The monoisotopic (exact) mass is 319 g/mol. The van der Waals surface area contributed by atoms with Crippen molar-refractivity contribution < 1.29 is 8.42 Å². The van der Waals surface area contributed by atoms with E-state index >= 15 is 0 Å². The number of nitrogens with zero attached hydrogens (tertiary/aromatic N) is 3. The van der Waals surface area contributed by atoms with Gasteiger partial charge >= 0.3 is 0 Å². The predicted molar refractivity (Wildman–Crippen MR) is 80.4 cm³/mol. The van der Waals surface area contributed by atoms with Gasteiger partial charge in [-0.25, -0.2) is 12.7 Å². The molecule has 0 aliphatic carbocycles. The van der Waals surface area contributed by atoms with E-state index < -0.39 is 10.0 Å². The van der Waals surface area contributed by atoms with Crippen LogP contribution in [0.5, 0.6) is 0 Å². The van der Waals surface area contributed by atoms with E-state index in [4.69, 9.17) is 11.6 Å². The topological polar surface area (TPSA) is 55.2 Å². The molecule has 114 valence electrons. The molecule has 0 N–H and O–H groups in total. The van der Waals surface area contributed by atoms with Crippen molar-refractivity contribution in [3.05, 3.63) is 17.0 Å². The molecule has 0 radical (unpaired) electrons. The van der Waals surface area contributed by atoms with Gasteiger partial charge in [-0.3, -0.25) is 4.68 Å². The van der Waals surface area contributed by atoms with Gasteiger partial charge in [-0.05, 0) is 32.6 Å². The van der Waals surface area contributed by atoms with Gasteiger partial charge < -0.3 is 0 Å². The second-order valence-electron chi connectivity index (χ2n) is 5.59. The van der Waals surface area contributed by atoms with Crippen molar-refractivity contribution in [2.75, 3.05) is 19.3 Å². The number of aromatic nitrogens is 2. The smallest absolute Gasteiger partial charge is 0.211 e. The Kier molecular flexibility index (Phi) is 4.76. The molecule has 1 saturated heterocycles. The van der Waals surface area contributed by atoms with E-state index in [9.17, 15) is 8.42 Å². The van der Waals surface area contributed by atoms with E-state index in [1.807, 2.05) is 18.5 Å². The first-order valence-electron chi connectivity index (χ1n) is 6.87. The highest BCUT2D eigenvalue weighted by Crippen LogP contribution is 2.22. The maximum absolute atomic E-state index is 11.6. The number of aryl methyl sites for hydroxylation is 1. The number of hydrogen-bond acceptors (Lipinski definition) is 3. The van der Waals surface area contributed by atoms with E-state index in [2.05, 4.69) is 5.10 Å². The van der Waals surface area contributed by atoms with Crippen LogP contribution in [-0.2, 0) is 22.4 Å². The molecule has 1 aliphatic rings. The van der Waals surface area contributed by atoms with E-state index in [0.717, 1.165) is 36.3 Å². The molecule has 1 fully saturated rings. The Morgan fingerprint density at radius 1 is 1.40 bits per heavy atom. The number of halogens is 1. The highest BCUT2D eigenvalue weighted by Gasteiger charge is 2.26. The van der Waals surface area contributed by atoms with Crippen molar-refractivity contribution in [2.24, 2.45) is 5.92 Å². The van der Waals surface area contributed by atoms with Crippen molar-refractivity contribution in [1.29, 1.82) is 0 Å². The lowest BCUT2D eigenvalue weighted by molar-refractivity contribution is 0.239. The maximum atomic E-state index is 11.6. The summed E-state index contributed by atoms with van der Waals surface area (Å²) in [5.74, 6) is 0.789. The third-order valence-electron chi connectivity index (χ3n) is 4.05. The molecule has 0 spiro atoms. The van der Waals surface area contributed by atoms with Crippen LogP contribution in [0.15, 0.2) is 0 Å². The molecule has 2 heterocycles. The standard InChI is InChI=1S/C13H22ClN3O2S/c1-10-13(7-14)11(2)17(15-10)9-12-5-4-6-16(8-12)20(3,18)19/h12H,4-9H2,1-3H3. The second-order valence-corrected chi connectivity index (χ2v) is 7.84. The quantitative estimate of drug-likeness (QED) is 0.797. The van der Waals surface area contributed by atoms with Crippen LogP contribution in [0.2, 0.25) is 0 Å². The van der Waals surface area contributed by atoms with Crippen molar-refractivity contribution >= 4 is 21.6 Å². The summed E-state index contributed by atoms with van der Waals surface area (Å²) in [6.07, 6.45) is 3.24. The van der Waals surface area contributed by atoms with Crippen molar-refractivity contribution in [3.8, 4) is 0 Å². The Balaban J connectivity index is 2.10. The minimum absolute atomic E-state index is 0.319.